The number of thiophene rings is 1. The summed E-state index contributed by atoms with van der Waals surface area (Å²) in [6.07, 6.45) is 5.35. The van der Waals surface area contributed by atoms with Gasteiger partial charge in [-0.1, -0.05) is 32.8 Å². The molecule has 86 valence electrons. The fourth-order valence-corrected chi connectivity index (χ4v) is 2.65. The summed E-state index contributed by atoms with van der Waals surface area (Å²) >= 11 is 1.84. The van der Waals surface area contributed by atoms with E-state index in [1.807, 2.05) is 11.3 Å². The minimum atomic E-state index is 0.875. The van der Waals surface area contributed by atoms with Crippen molar-refractivity contribution in [3.8, 4) is 0 Å². The molecule has 0 aromatic carbocycles. The Morgan fingerprint density at radius 3 is 2.53 bits per heavy atom. The van der Waals surface area contributed by atoms with Crippen LogP contribution in [0.15, 0.2) is 17.5 Å². The van der Waals surface area contributed by atoms with Crippen molar-refractivity contribution >= 4 is 11.3 Å². The minimum Gasteiger partial charge on any atom is -0.312 e. The third-order valence-electron chi connectivity index (χ3n) is 2.71. The van der Waals surface area contributed by atoms with E-state index in [2.05, 4.69) is 36.7 Å². The van der Waals surface area contributed by atoms with Crippen LogP contribution in [0.3, 0.4) is 0 Å². The quantitative estimate of drug-likeness (QED) is 0.703. The second-order valence-electron chi connectivity index (χ2n) is 4.15. The van der Waals surface area contributed by atoms with Crippen molar-refractivity contribution in [2.24, 2.45) is 5.92 Å². The van der Waals surface area contributed by atoms with Gasteiger partial charge in [0.05, 0.1) is 0 Å². The zero-order valence-corrected chi connectivity index (χ0v) is 10.8. The van der Waals surface area contributed by atoms with Gasteiger partial charge in [0.1, 0.15) is 0 Å². The number of rotatable bonds is 8. The lowest BCUT2D eigenvalue weighted by Crippen LogP contribution is -2.22. The third kappa shape index (κ3) is 5.33. The van der Waals surface area contributed by atoms with Gasteiger partial charge in [-0.25, -0.2) is 0 Å². The minimum absolute atomic E-state index is 0.875. The number of hydrogen-bond acceptors (Lipinski definition) is 2. The molecule has 0 fully saturated rings. The molecule has 1 N–H and O–H groups in total. The van der Waals surface area contributed by atoms with Crippen LogP contribution in [0.2, 0.25) is 0 Å². The van der Waals surface area contributed by atoms with Crippen LogP contribution in [-0.4, -0.2) is 6.54 Å². The first kappa shape index (κ1) is 12.7. The van der Waals surface area contributed by atoms with E-state index in [4.69, 9.17) is 0 Å². The number of hydrogen-bond donors (Lipinski definition) is 1. The Balaban J connectivity index is 2.15. The van der Waals surface area contributed by atoms with Crippen molar-refractivity contribution in [2.45, 2.75) is 46.1 Å². The lowest BCUT2D eigenvalue weighted by atomic mass is 9.98. The van der Waals surface area contributed by atoms with Crippen molar-refractivity contribution < 1.29 is 0 Å². The summed E-state index contributed by atoms with van der Waals surface area (Å²) in [5.74, 6) is 0.875. The second kappa shape index (κ2) is 7.89. The van der Waals surface area contributed by atoms with Crippen LogP contribution in [0.25, 0.3) is 0 Å². The molecule has 0 amide bonds. The first-order valence-electron chi connectivity index (χ1n) is 6.09. The molecular weight excluding hydrogens is 202 g/mol. The predicted molar refractivity (Wildman–Crippen MR) is 69.3 cm³/mol. The molecule has 0 spiro atoms. The van der Waals surface area contributed by atoms with Crippen LogP contribution in [-0.2, 0) is 6.54 Å². The fraction of sp³-hybridized carbons (Fsp3) is 0.692. The van der Waals surface area contributed by atoms with E-state index in [0.29, 0.717) is 0 Å². The van der Waals surface area contributed by atoms with Crippen molar-refractivity contribution in [2.75, 3.05) is 6.54 Å². The highest BCUT2D eigenvalue weighted by Gasteiger charge is 2.05. The molecule has 0 aliphatic carbocycles. The summed E-state index contributed by atoms with van der Waals surface area (Å²) in [5, 5.41) is 5.71. The molecule has 0 radical (unpaired) electrons. The van der Waals surface area contributed by atoms with Gasteiger partial charge in [0.25, 0.3) is 0 Å². The molecular formula is C13H23NS. The molecule has 1 nitrogen and oxygen atoms in total. The van der Waals surface area contributed by atoms with Crippen molar-refractivity contribution in [1.82, 2.24) is 5.32 Å². The maximum atomic E-state index is 3.57. The van der Waals surface area contributed by atoms with E-state index < -0.39 is 0 Å². The van der Waals surface area contributed by atoms with Gasteiger partial charge >= 0.3 is 0 Å². The molecule has 0 aliphatic heterocycles. The molecule has 2 heteroatoms. The fourth-order valence-electron chi connectivity index (χ4n) is 1.98. The monoisotopic (exact) mass is 225 g/mol. The molecule has 0 unspecified atom stereocenters. The van der Waals surface area contributed by atoms with Gasteiger partial charge in [-0.2, -0.15) is 0 Å². The van der Waals surface area contributed by atoms with E-state index in [1.165, 1.54) is 37.1 Å². The number of nitrogens with one attached hydrogen (secondary N) is 1. The SMILES string of the molecule is CCCC(CCC)CNCc1cccs1. The highest BCUT2D eigenvalue weighted by molar-refractivity contribution is 7.09. The van der Waals surface area contributed by atoms with Gasteiger partial charge in [-0.05, 0) is 36.8 Å². The Morgan fingerprint density at radius 2 is 2.00 bits per heavy atom. The average molecular weight is 225 g/mol. The van der Waals surface area contributed by atoms with Crippen LogP contribution >= 0.6 is 11.3 Å². The highest BCUT2D eigenvalue weighted by atomic mass is 32.1. The smallest absolute Gasteiger partial charge is 0.0299 e. The summed E-state index contributed by atoms with van der Waals surface area (Å²) in [4.78, 5) is 1.45. The van der Waals surface area contributed by atoms with E-state index in [-0.39, 0.29) is 0 Å². The van der Waals surface area contributed by atoms with Gasteiger partial charge in [0, 0.05) is 11.4 Å². The summed E-state index contributed by atoms with van der Waals surface area (Å²) in [7, 11) is 0. The summed E-state index contributed by atoms with van der Waals surface area (Å²) in [6, 6.07) is 4.32. The van der Waals surface area contributed by atoms with Gasteiger partial charge in [-0.3, -0.25) is 0 Å². The van der Waals surface area contributed by atoms with Gasteiger partial charge < -0.3 is 5.32 Å². The lowest BCUT2D eigenvalue weighted by molar-refractivity contribution is 0.410. The summed E-state index contributed by atoms with van der Waals surface area (Å²) < 4.78 is 0. The van der Waals surface area contributed by atoms with Crippen LogP contribution in [0, 0.1) is 5.92 Å². The average Bonchev–Trinajstić information content (AvgIpc) is 2.71. The Kier molecular flexibility index (Phi) is 6.69. The van der Waals surface area contributed by atoms with E-state index >= 15 is 0 Å². The molecule has 0 saturated heterocycles. The molecule has 1 rings (SSSR count). The standard InChI is InChI=1S/C13H23NS/c1-3-6-12(7-4-2)10-14-11-13-8-5-9-15-13/h5,8-9,12,14H,3-4,6-7,10-11H2,1-2H3. The summed E-state index contributed by atoms with van der Waals surface area (Å²) in [5.41, 5.74) is 0. The predicted octanol–water partition coefficient (Wildman–Crippen LogP) is 4.05. The third-order valence-corrected chi connectivity index (χ3v) is 3.58. The van der Waals surface area contributed by atoms with Crippen LogP contribution in [0.1, 0.15) is 44.4 Å². The molecule has 0 aliphatic rings. The molecule has 1 aromatic heterocycles. The second-order valence-corrected chi connectivity index (χ2v) is 5.19. The Morgan fingerprint density at radius 1 is 1.27 bits per heavy atom. The van der Waals surface area contributed by atoms with Crippen molar-refractivity contribution in [3.63, 3.8) is 0 Å². The first-order valence-corrected chi connectivity index (χ1v) is 6.97. The first-order chi connectivity index (χ1) is 7.36. The molecule has 1 aromatic rings. The van der Waals surface area contributed by atoms with Gasteiger partial charge in [0.15, 0.2) is 0 Å². The maximum Gasteiger partial charge on any atom is 0.0299 e. The molecule has 0 atom stereocenters. The summed E-state index contributed by atoms with van der Waals surface area (Å²) in [6.45, 7) is 6.78. The zero-order chi connectivity index (χ0) is 10.9. The largest absolute Gasteiger partial charge is 0.312 e. The highest BCUT2D eigenvalue weighted by Crippen LogP contribution is 2.13. The maximum absolute atomic E-state index is 3.57. The molecule has 1 heterocycles. The van der Waals surface area contributed by atoms with Crippen LogP contribution < -0.4 is 5.32 Å². The van der Waals surface area contributed by atoms with E-state index in [0.717, 1.165) is 12.5 Å². The van der Waals surface area contributed by atoms with Crippen molar-refractivity contribution in [1.29, 1.82) is 0 Å². The Labute approximate surface area is 97.9 Å². The van der Waals surface area contributed by atoms with Crippen LogP contribution in [0.4, 0.5) is 0 Å². The molecule has 0 bridgehead atoms. The van der Waals surface area contributed by atoms with Gasteiger partial charge in [0.2, 0.25) is 0 Å². The molecule has 0 saturated carbocycles. The van der Waals surface area contributed by atoms with E-state index in [9.17, 15) is 0 Å². The van der Waals surface area contributed by atoms with E-state index in [1.54, 1.807) is 0 Å². The Bertz CT molecular complexity index is 225. The zero-order valence-electron chi connectivity index (χ0n) is 9.96. The topological polar surface area (TPSA) is 12.0 Å². The lowest BCUT2D eigenvalue weighted by Gasteiger charge is -2.15. The van der Waals surface area contributed by atoms with Crippen LogP contribution in [0.5, 0.6) is 0 Å². The van der Waals surface area contributed by atoms with Crippen molar-refractivity contribution in [3.05, 3.63) is 22.4 Å². The Hall–Kier alpha value is -0.340. The van der Waals surface area contributed by atoms with Gasteiger partial charge in [-0.15, -0.1) is 11.3 Å². The molecule has 15 heavy (non-hydrogen) atoms. The normalized spacial score (nSPS) is 11.1.